The second kappa shape index (κ2) is 9.19. The van der Waals surface area contributed by atoms with E-state index in [1.165, 1.54) is 16.2 Å². The molecule has 0 aliphatic carbocycles. The number of thiazole rings is 1. The Labute approximate surface area is 176 Å². The van der Waals surface area contributed by atoms with Crippen LogP contribution in [0, 0.1) is 0 Å². The van der Waals surface area contributed by atoms with Crippen LogP contribution in [0.2, 0.25) is 10.0 Å². The van der Waals surface area contributed by atoms with Crippen molar-refractivity contribution in [1.82, 2.24) is 9.88 Å². The zero-order valence-electron chi connectivity index (χ0n) is 15.0. The highest BCUT2D eigenvalue weighted by Gasteiger charge is 2.21. The molecule has 0 aliphatic rings. The number of para-hydroxylation sites is 1. The molecule has 5 nitrogen and oxygen atoms in total. The lowest BCUT2D eigenvalue weighted by Gasteiger charge is -2.19. The van der Waals surface area contributed by atoms with Gasteiger partial charge in [-0.3, -0.25) is 9.59 Å². The molecule has 1 heterocycles. The second-order valence-corrected chi connectivity index (χ2v) is 7.70. The number of amides is 2. The van der Waals surface area contributed by atoms with E-state index in [0.29, 0.717) is 27.2 Å². The van der Waals surface area contributed by atoms with E-state index in [1.54, 1.807) is 24.4 Å². The number of hydrogen-bond donors (Lipinski definition) is 1. The zero-order chi connectivity index (χ0) is 20.1. The number of rotatable bonds is 6. The van der Waals surface area contributed by atoms with Crippen LogP contribution in [0.4, 0.5) is 5.69 Å². The number of likely N-dealkylation sites (N-methyl/N-ethyl adjacent to an activating group) is 1. The molecule has 1 N–H and O–H groups in total. The van der Waals surface area contributed by atoms with Crippen molar-refractivity contribution < 1.29 is 9.59 Å². The van der Waals surface area contributed by atoms with Gasteiger partial charge in [-0.15, -0.1) is 11.3 Å². The largest absolute Gasteiger partial charge is 0.329 e. The minimum Gasteiger partial charge on any atom is -0.329 e. The number of carbonyl (C=O) groups excluding carboxylic acids is 2. The fourth-order valence-electron chi connectivity index (χ4n) is 2.54. The summed E-state index contributed by atoms with van der Waals surface area (Å²) < 4.78 is 0. The van der Waals surface area contributed by atoms with Crippen LogP contribution in [0.3, 0.4) is 0 Å². The van der Waals surface area contributed by atoms with Gasteiger partial charge in [0.25, 0.3) is 5.91 Å². The fourth-order valence-corrected chi connectivity index (χ4v) is 3.92. The minimum atomic E-state index is -0.377. The Hall–Kier alpha value is -2.41. The van der Waals surface area contributed by atoms with E-state index in [-0.39, 0.29) is 18.4 Å². The summed E-state index contributed by atoms with van der Waals surface area (Å²) >= 11 is 13.5. The third-order valence-electron chi connectivity index (χ3n) is 3.97. The molecule has 0 aliphatic heterocycles. The Morgan fingerprint density at radius 2 is 1.75 bits per heavy atom. The molecular formula is C20H17Cl2N3O2S. The first-order valence-electron chi connectivity index (χ1n) is 8.54. The van der Waals surface area contributed by atoms with Gasteiger partial charge in [-0.05, 0) is 19.1 Å². The number of carbonyl (C=O) groups is 2. The summed E-state index contributed by atoms with van der Waals surface area (Å²) in [5.74, 6) is -0.624. The quantitative estimate of drug-likeness (QED) is 0.579. The predicted molar refractivity (Wildman–Crippen MR) is 114 cm³/mol. The Morgan fingerprint density at radius 1 is 1.07 bits per heavy atom. The zero-order valence-corrected chi connectivity index (χ0v) is 17.3. The van der Waals surface area contributed by atoms with Crippen LogP contribution in [0.5, 0.6) is 0 Å². The third-order valence-corrected chi connectivity index (χ3v) is 5.63. The van der Waals surface area contributed by atoms with Gasteiger partial charge in [0.1, 0.15) is 16.4 Å². The number of nitrogens with one attached hydrogen (secondary N) is 1. The predicted octanol–water partition coefficient (Wildman–Crippen LogP) is 5.22. The molecule has 3 aromatic rings. The van der Waals surface area contributed by atoms with Gasteiger partial charge in [0.05, 0.1) is 21.9 Å². The SMILES string of the molecule is CCN(CC(=O)Nc1c(Cl)cccc1Cl)C(=O)c1cnc(-c2ccccc2)s1. The normalized spacial score (nSPS) is 10.5. The first-order valence-corrected chi connectivity index (χ1v) is 10.1. The Morgan fingerprint density at radius 3 is 2.39 bits per heavy atom. The van der Waals surface area contributed by atoms with Crippen molar-refractivity contribution in [2.75, 3.05) is 18.4 Å². The average Bonchev–Trinajstić information content (AvgIpc) is 3.19. The van der Waals surface area contributed by atoms with Crippen LogP contribution in [-0.2, 0) is 4.79 Å². The van der Waals surface area contributed by atoms with Gasteiger partial charge in [0, 0.05) is 12.1 Å². The van der Waals surface area contributed by atoms with Crippen LogP contribution in [0.25, 0.3) is 10.6 Å². The fraction of sp³-hybridized carbons (Fsp3) is 0.150. The lowest BCUT2D eigenvalue weighted by atomic mass is 10.2. The molecule has 2 aromatic carbocycles. The Kier molecular flexibility index (Phi) is 6.67. The number of hydrogen-bond acceptors (Lipinski definition) is 4. The first-order chi connectivity index (χ1) is 13.5. The smallest absolute Gasteiger partial charge is 0.266 e. The van der Waals surface area contributed by atoms with E-state index < -0.39 is 0 Å². The van der Waals surface area contributed by atoms with Gasteiger partial charge < -0.3 is 10.2 Å². The molecule has 2 amide bonds. The molecule has 0 atom stereocenters. The number of nitrogens with zero attached hydrogens (tertiary/aromatic N) is 2. The molecule has 0 unspecified atom stereocenters. The van der Waals surface area contributed by atoms with Gasteiger partial charge in [-0.2, -0.15) is 0 Å². The van der Waals surface area contributed by atoms with Crippen molar-refractivity contribution in [3.8, 4) is 10.6 Å². The van der Waals surface area contributed by atoms with Crippen LogP contribution in [0.1, 0.15) is 16.6 Å². The summed E-state index contributed by atoms with van der Waals surface area (Å²) in [6.07, 6.45) is 1.54. The maximum Gasteiger partial charge on any atom is 0.266 e. The van der Waals surface area contributed by atoms with Gasteiger partial charge >= 0.3 is 0 Å². The number of halogens is 2. The molecule has 28 heavy (non-hydrogen) atoms. The molecule has 1 aromatic heterocycles. The summed E-state index contributed by atoms with van der Waals surface area (Å²) in [6, 6.07) is 14.6. The molecule has 0 spiro atoms. The molecule has 3 rings (SSSR count). The summed E-state index contributed by atoms with van der Waals surface area (Å²) in [6.45, 7) is 2.07. The summed E-state index contributed by atoms with van der Waals surface area (Å²) in [5, 5.41) is 4.10. The molecule has 0 saturated heterocycles. The van der Waals surface area contributed by atoms with Crippen molar-refractivity contribution >= 4 is 52.0 Å². The van der Waals surface area contributed by atoms with Gasteiger partial charge in [0.15, 0.2) is 0 Å². The van der Waals surface area contributed by atoms with E-state index in [2.05, 4.69) is 10.3 Å². The first kappa shape index (κ1) is 20.3. The third kappa shape index (κ3) is 4.70. The summed E-state index contributed by atoms with van der Waals surface area (Å²) in [4.78, 5) is 31.5. The Bertz CT molecular complexity index is 972. The van der Waals surface area contributed by atoms with Crippen molar-refractivity contribution in [1.29, 1.82) is 0 Å². The molecule has 144 valence electrons. The standard InChI is InChI=1S/C20H17Cl2N3O2S/c1-2-25(12-17(26)24-18-14(21)9-6-10-15(18)22)20(27)16-11-23-19(28-16)13-7-4-3-5-8-13/h3-11H,2,12H2,1H3,(H,24,26). The van der Waals surface area contributed by atoms with E-state index in [9.17, 15) is 9.59 Å². The minimum absolute atomic E-state index is 0.116. The van der Waals surface area contributed by atoms with Gasteiger partial charge in [-0.25, -0.2) is 4.98 Å². The van der Waals surface area contributed by atoms with Crippen molar-refractivity contribution in [2.45, 2.75) is 6.92 Å². The maximum absolute atomic E-state index is 12.8. The maximum atomic E-state index is 12.8. The van der Waals surface area contributed by atoms with E-state index in [0.717, 1.165) is 10.6 Å². The van der Waals surface area contributed by atoms with Crippen molar-refractivity contribution in [2.24, 2.45) is 0 Å². The van der Waals surface area contributed by atoms with Crippen molar-refractivity contribution in [3.63, 3.8) is 0 Å². The second-order valence-electron chi connectivity index (χ2n) is 5.86. The van der Waals surface area contributed by atoms with Crippen LogP contribution >= 0.6 is 34.5 Å². The Balaban J connectivity index is 1.70. The molecule has 0 fully saturated rings. The highest BCUT2D eigenvalue weighted by Crippen LogP contribution is 2.30. The average molecular weight is 434 g/mol. The van der Waals surface area contributed by atoms with Gasteiger partial charge in [-0.1, -0.05) is 59.6 Å². The molecule has 0 saturated carbocycles. The monoisotopic (exact) mass is 433 g/mol. The molecule has 8 heteroatoms. The van der Waals surface area contributed by atoms with E-state index in [1.807, 2.05) is 37.3 Å². The van der Waals surface area contributed by atoms with Gasteiger partial charge in [0.2, 0.25) is 5.91 Å². The number of anilines is 1. The summed E-state index contributed by atoms with van der Waals surface area (Å²) in [5.41, 5.74) is 1.28. The van der Waals surface area contributed by atoms with E-state index in [4.69, 9.17) is 23.2 Å². The number of aromatic nitrogens is 1. The summed E-state index contributed by atoms with van der Waals surface area (Å²) in [7, 11) is 0. The van der Waals surface area contributed by atoms with Crippen LogP contribution in [-0.4, -0.2) is 34.8 Å². The van der Waals surface area contributed by atoms with E-state index >= 15 is 0 Å². The molecule has 0 radical (unpaired) electrons. The highest BCUT2D eigenvalue weighted by atomic mass is 35.5. The number of benzene rings is 2. The highest BCUT2D eigenvalue weighted by molar-refractivity contribution is 7.16. The van der Waals surface area contributed by atoms with Crippen molar-refractivity contribution in [3.05, 3.63) is 69.7 Å². The molecule has 0 bridgehead atoms. The topological polar surface area (TPSA) is 62.3 Å². The van der Waals surface area contributed by atoms with Crippen LogP contribution < -0.4 is 5.32 Å². The lowest BCUT2D eigenvalue weighted by Crippen LogP contribution is -2.37. The lowest BCUT2D eigenvalue weighted by molar-refractivity contribution is -0.116. The molecular weight excluding hydrogens is 417 g/mol. The van der Waals surface area contributed by atoms with Crippen LogP contribution in [0.15, 0.2) is 54.7 Å².